The number of H-pyrrole nitrogens is 1. The monoisotopic (exact) mass is 550 g/mol. The molecule has 0 amide bonds. The third-order valence-electron chi connectivity index (χ3n) is 6.82. The van der Waals surface area contributed by atoms with Gasteiger partial charge >= 0.3 is 5.97 Å². The standard InChI is InChI=1S/C26H27BrN6O3/c1-4-12-26(5-2)28-15(3)22(25(34)35)33(26)14-16-10-11-20-19(13-16)21(27)23(36-20)17-8-6-7-9-18(17)24-29-31-32-30-24/h6-11,13,28H,4-5,12,14H2,1-3H3,(H,34,35)(H,29,30,31,32). The maximum Gasteiger partial charge on any atom is 0.354 e. The molecule has 0 bridgehead atoms. The molecule has 4 aromatic rings. The lowest BCUT2D eigenvalue weighted by Gasteiger charge is -2.40. The molecule has 9 nitrogen and oxygen atoms in total. The molecule has 0 aliphatic carbocycles. The smallest absolute Gasteiger partial charge is 0.354 e. The number of aromatic nitrogens is 4. The molecule has 2 aromatic heterocycles. The van der Waals surface area contributed by atoms with Gasteiger partial charge in [0.2, 0.25) is 0 Å². The van der Waals surface area contributed by atoms with Gasteiger partial charge in [0.25, 0.3) is 0 Å². The van der Waals surface area contributed by atoms with Crippen LogP contribution < -0.4 is 5.32 Å². The first-order chi connectivity index (χ1) is 17.4. The quantitative estimate of drug-likeness (QED) is 0.256. The highest BCUT2D eigenvalue weighted by atomic mass is 79.9. The number of tetrazole rings is 1. The van der Waals surface area contributed by atoms with E-state index in [1.54, 1.807) is 0 Å². The number of halogens is 1. The number of fused-ring (bicyclic) bond motifs is 1. The molecule has 0 spiro atoms. The lowest BCUT2D eigenvalue weighted by atomic mass is 9.98. The molecule has 1 aliphatic heterocycles. The van der Waals surface area contributed by atoms with E-state index in [2.05, 4.69) is 61.8 Å². The van der Waals surface area contributed by atoms with Gasteiger partial charge in [-0.15, -0.1) is 5.10 Å². The van der Waals surface area contributed by atoms with E-state index in [-0.39, 0.29) is 0 Å². The average Bonchev–Trinajstić information content (AvgIpc) is 3.57. The number of allylic oxidation sites excluding steroid dienone is 1. The summed E-state index contributed by atoms with van der Waals surface area (Å²) in [5.74, 6) is 0.306. The second-order valence-corrected chi connectivity index (χ2v) is 9.79. The van der Waals surface area contributed by atoms with E-state index in [0.29, 0.717) is 29.5 Å². The second-order valence-electron chi connectivity index (χ2n) is 9.00. The minimum Gasteiger partial charge on any atom is -0.477 e. The van der Waals surface area contributed by atoms with Crippen LogP contribution >= 0.6 is 15.9 Å². The number of hydrogen-bond donors (Lipinski definition) is 3. The molecule has 1 unspecified atom stereocenters. The number of furan rings is 1. The van der Waals surface area contributed by atoms with E-state index in [1.807, 2.05) is 48.2 Å². The molecule has 10 heteroatoms. The summed E-state index contributed by atoms with van der Waals surface area (Å²) in [6, 6.07) is 13.7. The second kappa shape index (κ2) is 9.42. The van der Waals surface area contributed by atoms with Gasteiger partial charge in [0.05, 0.1) is 4.47 Å². The predicted molar refractivity (Wildman–Crippen MR) is 139 cm³/mol. The Bertz CT molecular complexity index is 1460. The van der Waals surface area contributed by atoms with Gasteiger partial charge in [0, 0.05) is 28.8 Å². The summed E-state index contributed by atoms with van der Waals surface area (Å²) >= 11 is 3.75. The van der Waals surface area contributed by atoms with Gasteiger partial charge in [-0.3, -0.25) is 0 Å². The molecule has 3 heterocycles. The van der Waals surface area contributed by atoms with Gasteiger partial charge in [0.1, 0.15) is 22.7 Å². The van der Waals surface area contributed by atoms with Crippen LogP contribution in [-0.2, 0) is 11.3 Å². The summed E-state index contributed by atoms with van der Waals surface area (Å²) in [6.07, 6.45) is 2.56. The zero-order valence-electron chi connectivity index (χ0n) is 20.3. The summed E-state index contributed by atoms with van der Waals surface area (Å²) in [7, 11) is 0. The fourth-order valence-corrected chi connectivity index (χ4v) is 5.80. The van der Waals surface area contributed by atoms with E-state index in [4.69, 9.17) is 4.42 Å². The maximum absolute atomic E-state index is 12.2. The first-order valence-electron chi connectivity index (χ1n) is 11.9. The fourth-order valence-electron chi connectivity index (χ4n) is 5.20. The molecule has 36 heavy (non-hydrogen) atoms. The highest BCUT2D eigenvalue weighted by molar-refractivity contribution is 9.10. The van der Waals surface area contributed by atoms with Crippen LogP contribution in [0.5, 0.6) is 0 Å². The normalized spacial score (nSPS) is 17.7. The van der Waals surface area contributed by atoms with E-state index in [1.165, 1.54) is 0 Å². The Morgan fingerprint density at radius 2 is 1.97 bits per heavy atom. The van der Waals surface area contributed by atoms with Gasteiger partial charge < -0.3 is 19.7 Å². The van der Waals surface area contributed by atoms with Crippen molar-refractivity contribution in [3.05, 3.63) is 63.9 Å². The molecule has 0 saturated carbocycles. The van der Waals surface area contributed by atoms with Gasteiger partial charge in [-0.25, -0.2) is 9.89 Å². The number of carboxylic acids is 1. The van der Waals surface area contributed by atoms with Crippen molar-refractivity contribution in [2.24, 2.45) is 0 Å². The Morgan fingerprint density at radius 1 is 1.19 bits per heavy atom. The average molecular weight is 551 g/mol. The summed E-state index contributed by atoms with van der Waals surface area (Å²) in [5.41, 5.74) is 3.99. The molecule has 186 valence electrons. The van der Waals surface area contributed by atoms with Crippen molar-refractivity contribution in [2.45, 2.75) is 52.2 Å². The molecule has 2 aromatic carbocycles. The van der Waals surface area contributed by atoms with Crippen molar-refractivity contribution >= 4 is 32.9 Å². The first-order valence-corrected chi connectivity index (χ1v) is 12.7. The largest absolute Gasteiger partial charge is 0.477 e. The van der Waals surface area contributed by atoms with Gasteiger partial charge in [-0.1, -0.05) is 50.6 Å². The predicted octanol–water partition coefficient (Wildman–Crippen LogP) is 5.67. The number of nitrogens with one attached hydrogen (secondary N) is 2. The molecule has 5 rings (SSSR count). The Labute approximate surface area is 216 Å². The number of hydrogen-bond acceptors (Lipinski definition) is 7. The maximum atomic E-state index is 12.2. The number of carbonyl (C=O) groups is 1. The number of carboxylic acid groups (broad SMARTS) is 1. The van der Waals surface area contributed by atoms with E-state index in [0.717, 1.165) is 51.4 Å². The van der Waals surface area contributed by atoms with Crippen molar-refractivity contribution in [3.63, 3.8) is 0 Å². The Morgan fingerprint density at radius 3 is 2.64 bits per heavy atom. The van der Waals surface area contributed by atoms with Crippen LogP contribution in [0.2, 0.25) is 0 Å². The molecular formula is C26H27BrN6O3. The number of nitrogens with zero attached hydrogens (tertiary/aromatic N) is 4. The van der Waals surface area contributed by atoms with Crippen LogP contribution in [-0.4, -0.2) is 42.3 Å². The third kappa shape index (κ3) is 3.95. The SMILES string of the molecule is CCCC1(CC)NC(C)=C(C(=O)O)N1Cc1ccc2oc(-c3ccccc3-c3nnn[nH]3)c(Br)c2c1. The van der Waals surface area contributed by atoms with E-state index in [9.17, 15) is 9.90 Å². The summed E-state index contributed by atoms with van der Waals surface area (Å²) in [4.78, 5) is 14.2. The van der Waals surface area contributed by atoms with Crippen LogP contribution in [0.25, 0.3) is 33.7 Å². The molecule has 0 saturated heterocycles. The molecule has 3 N–H and O–H groups in total. The van der Waals surface area contributed by atoms with Crippen molar-refractivity contribution in [3.8, 4) is 22.7 Å². The zero-order valence-corrected chi connectivity index (χ0v) is 21.9. The zero-order chi connectivity index (χ0) is 25.4. The molecule has 1 atom stereocenters. The van der Waals surface area contributed by atoms with Crippen LogP contribution in [0.4, 0.5) is 0 Å². The highest BCUT2D eigenvalue weighted by Gasteiger charge is 2.44. The van der Waals surface area contributed by atoms with E-state index < -0.39 is 11.6 Å². The Hall–Kier alpha value is -3.66. The summed E-state index contributed by atoms with van der Waals surface area (Å²) < 4.78 is 7.09. The van der Waals surface area contributed by atoms with E-state index >= 15 is 0 Å². The highest BCUT2D eigenvalue weighted by Crippen LogP contribution is 2.42. The lowest BCUT2D eigenvalue weighted by Crippen LogP contribution is -2.52. The van der Waals surface area contributed by atoms with Crippen molar-refractivity contribution < 1.29 is 14.3 Å². The van der Waals surface area contributed by atoms with Crippen LogP contribution in [0, 0.1) is 0 Å². The summed E-state index contributed by atoms with van der Waals surface area (Å²) in [6.45, 7) is 6.52. The number of rotatable bonds is 8. The number of benzene rings is 2. The molecule has 1 aliphatic rings. The molecular weight excluding hydrogens is 524 g/mol. The number of aliphatic carboxylic acids is 1. The minimum atomic E-state index is -0.919. The van der Waals surface area contributed by atoms with Crippen LogP contribution in [0.15, 0.2) is 62.7 Å². The first kappa shape index (κ1) is 24.1. The lowest BCUT2D eigenvalue weighted by molar-refractivity contribution is -0.135. The molecule has 0 fully saturated rings. The topological polar surface area (TPSA) is 120 Å². The number of aromatic amines is 1. The fraction of sp³-hybridized carbons (Fsp3) is 0.308. The van der Waals surface area contributed by atoms with Gasteiger partial charge in [0.15, 0.2) is 5.82 Å². The minimum absolute atomic E-state index is 0.326. The molecule has 0 radical (unpaired) electrons. The Kier molecular flexibility index (Phi) is 6.29. The van der Waals surface area contributed by atoms with Crippen LogP contribution in [0.1, 0.15) is 45.6 Å². The van der Waals surface area contributed by atoms with Crippen molar-refractivity contribution in [2.75, 3.05) is 0 Å². The van der Waals surface area contributed by atoms with Crippen LogP contribution in [0.3, 0.4) is 0 Å². The third-order valence-corrected chi connectivity index (χ3v) is 7.60. The summed E-state index contributed by atoms with van der Waals surface area (Å²) in [5, 5.41) is 28.7. The van der Waals surface area contributed by atoms with Gasteiger partial charge in [-0.05, 0) is 63.8 Å². The van der Waals surface area contributed by atoms with Crippen molar-refractivity contribution in [1.82, 2.24) is 30.8 Å². The Balaban J connectivity index is 1.56. The van der Waals surface area contributed by atoms with Gasteiger partial charge in [-0.2, -0.15) is 0 Å². The van der Waals surface area contributed by atoms with Crippen molar-refractivity contribution in [1.29, 1.82) is 0 Å².